The lowest BCUT2D eigenvalue weighted by atomic mass is 9.80. The summed E-state index contributed by atoms with van der Waals surface area (Å²) in [4.78, 5) is 0. The maximum Gasteiger partial charge on any atom is 0.0352 e. The van der Waals surface area contributed by atoms with Crippen molar-refractivity contribution in [1.29, 1.82) is 0 Å². The third-order valence-electron chi connectivity index (χ3n) is 5.24. The molecule has 0 heterocycles. The maximum absolute atomic E-state index is 6.34. The number of fused-ring (bicyclic) bond motifs is 3. The van der Waals surface area contributed by atoms with Crippen LogP contribution in [-0.4, -0.2) is 0 Å². The number of hydrogen-bond acceptors (Lipinski definition) is 1. The molecule has 0 radical (unpaired) electrons. The van der Waals surface area contributed by atoms with E-state index in [0.717, 1.165) is 0 Å². The van der Waals surface area contributed by atoms with Gasteiger partial charge in [0.2, 0.25) is 0 Å². The van der Waals surface area contributed by atoms with E-state index in [9.17, 15) is 0 Å². The standard InChI is InChI=1S/C23H27N.C2H6/c1-7-9-15-10-13-19-21(17(15)8-2)18-12-11-16(23(5,6)24)14-20(18)22(19,3)4;1-2/h7-14H,1,24H2,2-6H3;1-2H3/b15-9-,17-8+;. The molecular formula is C25H33N. The summed E-state index contributed by atoms with van der Waals surface area (Å²) < 4.78 is 0. The quantitative estimate of drug-likeness (QED) is 0.814. The van der Waals surface area contributed by atoms with Crippen LogP contribution in [0.2, 0.25) is 0 Å². The van der Waals surface area contributed by atoms with Crippen LogP contribution in [0, 0.1) is 0 Å². The van der Waals surface area contributed by atoms with Gasteiger partial charge in [-0.2, -0.15) is 0 Å². The van der Waals surface area contributed by atoms with Crippen LogP contribution in [0.15, 0.2) is 43.0 Å². The Kier molecular flexibility index (Phi) is 5.63. The van der Waals surface area contributed by atoms with E-state index in [1.165, 1.54) is 38.3 Å². The van der Waals surface area contributed by atoms with Crippen molar-refractivity contribution in [1.82, 2.24) is 0 Å². The zero-order valence-electron chi connectivity index (χ0n) is 17.4. The summed E-state index contributed by atoms with van der Waals surface area (Å²) in [6.07, 6.45) is 6.15. The SMILES string of the molecule is C=C/C=c1/ccc2c(/c1=C/C)-c1ccc(C(C)(C)N)cc1C2(C)C.CC. The van der Waals surface area contributed by atoms with E-state index in [1.54, 1.807) is 0 Å². The monoisotopic (exact) mass is 347 g/mol. The van der Waals surface area contributed by atoms with Crippen LogP contribution in [0.5, 0.6) is 0 Å². The van der Waals surface area contributed by atoms with Gasteiger partial charge in [0.1, 0.15) is 0 Å². The summed E-state index contributed by atoms with van der Waals surface area (Å²) in [6, 6.07) is 11.2. The van der Waals surface area contributed by atoms with Crippen molar-refractivity contribution in [3.63, 3.8) is 0 Å². The Balaban J connectivity index is 0.00000117. The summed E-state index contributed by atoms with van der Waals surface area (Å²) in [5.41, 5.74) is 12.6. The number of allylic oxidation sites excluding steroid dienone is 1. The lowest BCUT2D eigenvalue weighted by Crippen LogP contribution is -2.29. The smallest absolute Gasteiger partial charge is 0.0352 e. The fraction of sp³-hybridized carbons (Fsp3) is 0.360. The van der Waals surface area contributed by atoms with Crippen molar-refractivity contribution in [2.75, 3.05) is 0 Å². The fourth-order valence-corrected chi connectivity index (χ4v) is 3.86. The van der Waals surface area contributed by atoms with E-state index < -0.39 is 0 Å². The molecule has 2 aromatic carbocycles. The number of hydrogen-bond donors (Lipinski definition) is 1. The molecule has 0 spiro atoms. The van der Waals surface area contributed by atoms with Gasteiger partial charge in [-0.05, 0) is 59.0 Å². The Labute approximate surface area is 159 Å². The molecule has 2 N–H and O–H groups in total. The van der Waals surface area contributed by atoms with Gasteiger partial charge in [0.05, 0.1) is 0 Å². The van der Waals surface area contributed by atoms with Gasteiger partial charge in [-0.25, -0.2) is 0 Å². The summed E-state index contributed by atoms with van der Waals surface area (Å²) in [6.45, 7) is 18.7. The highest BCUT2D eigenvalue weighted by atomic mass is 14.7. The molecule has 0 amide bonds. The van der Waals surface area contributed by atoms with Crippen molar-refractivity contribution >= 4 is 12.2 Å². The third kappa shape index (κ3) is 3.17. The molecule has 1 aliphatic rings. The predicted molar refractivity (Wildman–Crippen MR) is 117 cm³/mol. The maximum atomic E-state index is 6.34. The molecule has 138 valence electrons. The van der Waals surface area contributed by atoms with Crippen LogP contribution in [-0.2, 0) is 11.0 Å². The number of rotatable bonds is 2. The topological polar surface area (TPSA) is 26.0 Å². The minimum absolute atomic E-state index is 0.0175. The molecule has 2 aromatic rings. The molecule has 0 atom stereocenters. The Morgan fingerprint density at radius 3 is 2.23 bits per heavy atom. The van der Waals surface area contributed by atoms with Crippen molar-refractivity contribution in [3.8, 4) is 11.1 Å². The first-order valence-corrected chi connectivity index (χ1v) is 9.58. The Hall–Kier alpha value is -2.12. The van der Waals surface area contributed by atoms with Crippen LogP contribution in [0.25, 0.3) is 23.3 Å². The highest BCUT2D eigenvalue weighted by Gasteiger charge is 2.36. The van der Waals surface area contributed by atoms with Gasteiger partial charge in [-0.1, -0.05) is 82.8 Å². The Morgan fingerprint density at radius 2 is 1.69 bits per heavy atom. The Bertz CT molecular complexity index is 937. The van der Waals surface area contributed by atoms with E-state index >= 15 is 0 Å². The molecule has 0 unspecified atom stereocenters. The first-order chi connectivity index (χ1) is 12.2. The van der Waals surface area contributed by atoms with E-state index in [1.807, 2.05) is 19.9 Å². The van der Waals surface area contributed by atoms with Gasteiger partial charge in [-0.3, -0.25) is 0 Å². The summed E-state index contributed by atoms with van der Waals surface area (Å²) >= 11 is 0. The molecule has 1 aliphatic carbocycles. The lowest BCUT2D eigenvalue weighted by Gasteiger charge is -2.25. The molecule has 0 bridgehead atoms. The molecule has 1 nitrogen and oxygen atoms in total. The second-order valence-electron chi connectivity index (χ2n) is 7.79. The van der Waals surface area contributed by atoms with Gasteiger partial charge in [0.15, 0.2) is 0 Å². The molecule has 0 saturated heterocycles. The van der Waals surface area contributed by atoms with E-state index in [-0.39, 0.29) is 11.0 Å². The molecule has 0 aromatic heterocycles. The third-order valence-corrected chi connectivity index (χ3v) is 5.24. The molecule has 3 rings (SSSR count). The van der Waals surface area contributed by atoms with Gasteiger partial charge >= 0.3 is 0 Å². The zero-order chi connectivity index (χ0) is 19.7. The van der Waals surface area contributed by atoms with E-state index in [4.69, 9.17) is 5.73 Å². The largest absolute Gasteiger partial charge is 0.322 e. The van der Waals surface area contributed by atoms with Crippen LogP contribution in [0.1, 0.15) is 65.2 Å². The number of benzene rings is 2. The molecular weight excluding hydrogens is 314 g/mol. The average Bonchev–Trinajstić information content (AvgIpc) is 2.84. The molecule has 0 aliphatic heterocycles. The van der Waals surface area contributed by atoms with Crippen LogP contribution in [0.4, 0.5) is 0 Å². The second-order valence-corrected chi connectivity index (χ2v) is 7.79. The highest BCUT2D eigenvalue weighted by Crippen LogP contribution is 2.47. The summed E-state index contributed by atoms with van der Waals surface area (Å²) in [5, 5.41) is 2.51. The molecule has 0 fully saturated rings. The zero-order valence-corrected chi connectivity index (χ0v) is 17.4. The van der Waals surface area contributed by atoms with Gasteiger partial charge < -0.3 is 5.73 Å². The molecule has 1 heteroatoms. The first-order valence-electron chi connectivity index (χ1n) is 9.58. The lowest BCUT2D eigenvalue weighted by molar-refractivity contribution is 0.551. The fourth-order valence-electron chi connectivity index (χ4n) is 3.86. The minimum Gasteiger partial charge on any atom is -0.322 e. The highest BCUT2D eigenvalue weighted by molar-refractivity contribution is 5.82. The van der Waals surface area contributed by atoms with Crippen LogP contribution < -0.4 is 16.2 Å². The summed E-state index contributed by atoms with van der Waals surface area (Å²) in [7, 11) is 0. The molecule has 0 saturated carbocycles. The Morgan fingerprint density at radius 1 is 1.04 bits per heavy atom. The van der Waals surface area contributed by atoms with Crippen molar-refractivity contribution in [3.05, 3.63) is 70.1 Å². The summed E-state index contributed by atoms with van der Waals surface area (Å²) in [5.74, 6) is 0. The van der Waals surface area contributed by atoms with Gasteiger partial charge in [0, 0.05) is 11.0 Å². The van der Waals surface area contributed by atoms with Crippen molar-refractivity contribution in [2.45, 2.75) is 59.4 Å². The molecule has 26 heavy (non-hydrogen) atoms. The average molecular weight is 348 g/mol. The van der Waals surface area contributed by atoms with Crippen LogP contribution in [0.3, 0.4) is 0 Å². The normalized spacial score (nSPS) is 15.8. The van der Waals surface area contributed by atoms with E-state index in [2.05, 4.69) is 83.7 Å². The number of nitrogens with two attached hydrogens (primary N) is 1. The van der Waals surface area contributed by atoms with Gasteiger partial charge in [-0.15, -0.1) is 0 Å². The second kappa shape index (κ2) is 7.25. The van der Waals surface area contributed by atoms with E-state index in [0.29, 0.717) is 0 Å². The minimum atomic E-state index is -0.332. The van der Waals surface area contributed by atoms with Crippen molar-refractivity contribution in [2.24, 2.45) is 5.73 Å². The first kappa shape index (κ1) is 20.2. The van der Waals surface area contributed by atoms with Crippen LogP contribution >= 0.6 is 0 Å². The van der Waals surface area contributed by atoms with Crippen molar-refractivity contribution < 1.29 is 0 Å². The predicted octanol–water partition coefficient (Wildman–Crippen LogP) is 4.98. The van der Waals surface area contributed by atoms with Gasteiger partial charge in [0.25, 0.3) is 0 Å².